The lowest BCUT2D eigenvalue weighted by Crippen LogP contribution is -2.26. The molecule has 4 unspecified atom stereocenters. The maximum atomic E-state index is 13.1. The predicted octanol–water partition coefficient (Wildman–Crippen LogP) is 3.75. The van der Waals surface area contributed by atoms with Crippen molar-refractivity contribution in [2.24, 2.45) is 35.0 Å². The van der Waals surface area contributed by atoms with Crippen LogP contribution in [0.1, 0.15) is 33.1 Å². The van der Waals surface area contributed by atoms with E-state index in [-0.39, 0.29) is 5.97 Å². The van der Waals surface area contributed by atoms with Gasteiger partial charge in [0.05, 0.1) is 18.4 Å². The Labute approximate surface area is 121 Å². The van der Waals surface area contributed by atoms with Crippen molar-refractivity contribution in [3.05, 3.63) is 0 Å². The van der Waals surface area contributed by atoms with Crippen LogP contribution in [0, 0.1) is 35.0 Å². The number of halogens is 4. The molecule has 0 amide bonds. The van der Waals surface area contributed by atoms with E-state index < -0.39 is 37.2 Å². The number of esters is 1. The van der Waals surface area contributed by atoms with E-state index in [1.165, 1.54) is 0 Å². The zero-order valence-corrected chi connectivity index (χ0v) is 12.1. The van der Waals surface area contributed by atoms with Crippen LogP contribution in [0.2, 0.25) is 0 Å². The van der Waals surface area contributed by atoms with Crippen LogP contribution in [-0.2, 0) is 9.53 Å². The van der Waals surface area contributed by atoms with Crippen LogP contribution >= 0.6 is 0 Å². The van der Waals surface area contributed by atoms with Crippen molar-refractivity contribution in [3.8, 4) is 0 Å². The molecule has 0 aromatic heterocycles. The molecule has 0 N–H and O–H groups in total. The van der Waals surface area contributed by atoms with Gasteiger partial charge in [0, 0.05) is 6.42 Å². The molecule has 0 aromatic rings. The maximum absolute atomic E-state index is 13.1. The molecular weight excluding hydrogens is 288 g/mol. The quantitative estimate of drug-likeness (QED) is 0.552. The Balaban J connectivity index is 1.51. The number of hydrogen-bond donors (Lipinski definition) is 0. The van der Waals surface area contributed by atoms with E-state index in [0.717, 1.165) is 6.42 Å². The van der Waals surface area contributed by atoms with Crippen LogP contribution in [0.3, 0.4) is 0 Å². The Bertz CT molecular complexity index is 435. The van der Waals surface area contributed by atoms with Gasteiger partial charge in [-0.2, -0.15) is 0 Å². The Hall–Kier alpha value is -0.810. The minimum absolute atomic E-state index is 0.339. The summed E-state index contributed by atoms with van der Waals surface area (Å²) in [6, 6.07) is 0. The first-order chi connectivity index (χ1) is 9.70. The first kappa shape index (κ1) is 15.1. The molecule has 0 aliphatic heterocycles. The van der Waals surface area contributed by atoms with Gasteiger partial charge in [-0.25, -0.2) is 17.6 Å². The molecule has 0 aromatic carbocycles. The summed E-state index contributed by atoms with van der Waals surface area (Å²) in [5.41, 5.74) is -0.443. The first-order valence-corrected chi connectivity index (χ1v) is 7.54. The van der Waals surface area contributed by atoms with Gasteiger partial charge in [0.2, 0.25) is 6.43 Å². The molecule has 4 saturated carbocycles. The fraction of sp³-hybridized carbons (Fsp3) is 0.933. The second-order valence-corrected chi connectivity index (χ2v) is 7.02. The van der Waals surface area contributed by atoms with Gasteiger partial charge in [0.15, 0.2) is 0 Å². The zero-order chi connectivity index (χ0) is 15.6. The molecule has 21 heavy (non-hydrogen) atoms. The fourth-order valence-electron chi connectivity index (χ4n) is 5.25. The van der Waals surface area contributed by atoms with Crippen LogP contribution in [-0.4, -0.2) is 24.9 Å². The van der Waals surface area contributed by atoms with E-state index in [1.807, 2.05) is 0 Å². The highest BCUT2D eigenvalue weighted by Crippen LogP contribution is 2.83. The predicted molar refractivity (Wildman–Crippen MR) is 67.0 cm³/mol. The van der Waals surface area contributed by atoms with E-state index in [9.17, 15) is 22.4 Å². The van der Waals surface area contributed by atoms with E-state index in [1.54, 1.807) is 0 Å². The summed E-state index contributed by atoms with van der Waals surface area (Å²) in [6.45, 7) is 3.81. The highest BCUT2D eigenvalue weighted by Gasteiger charge is 2.84. The van der Waals surface area contributed by atoms with Gasteiger partial charge in [0.25, 0.3) is 5.92 Å². The molecule has 2 nitrogen and oxygen atoms in total. The third-order valence-corrected chi connectivity index (χ3v) is 6.06. The van der Waals surface area contributed by atoms with Crippen molar-refractivity contribution in [3.63, 3.8) is 0 Å². The Morgan fingerprint density at radius 3 is 2.29 bits per heavy atom. The van der Waals surface area contributed by atoms with Crippen molar-refractivity contribution in [1.29, 1.82) is 0 Å². The molecule has 4 rings (SSSR count). The van der Waals surface area contributed by atoms with Gasteiger partial charge in [-0.15, -0.1) is 0 Å². The van der Waals surface area contributed by atoms with Crippen molar-refractivity contribution >= 4 is 5.97 Å². The minimum atomic E-state index is -3.48. The topological polar surface area (TPSA) is 26.3 Å². The number of ether oxygens (including phenoxy) is 1. The SMILES string of the molecule is CC1C2CC3(C(=O)OCCC(F)(F)CC(F)F)C1C3C2C. The Morgan fingerprint density at radius 2 is 1.86 bits per heavy atom. The number of alkyl halides is 4. The molecule has 0 saturated heterocycles. The number of hydrogen-bond acceptors (Lipinski definition) is 2. The summed E-state index contributed by atoms with van der Waals surface area (Å²) >= 11 is 0. The van der Waals surface area contributed by atoms with Gasteiger partial charge in [-0.05, 0) is 36.0 Å². The summed E-state index contributed by atoms with van der Waals surface area (Å²) in [5, 5.41) is 0. The largest absolute Gasteiger partial charge is 0.465 e. The molecule has 0 radical (unpaired) electrons. The third-order valence-electron chi connectivity index (χ3n) is 6.06. The summed E-state index contributed by atoms with van der Waals surface area (Å²) in [4.78, 5) is 12.2. The van der Waals surface area contributed by atoms with Gasteiger partial charge in [0.1, 0.15) is 0 Å². The van der Waals surface area contributed by atoms with E-state index in [2.05, 4.69) is 13.8 Å². The Morgan fingerprint density at radius 1 is 1.29 bits per heavy atom. The molecule has 0 heterocycles. The first-order valence-electron chi connectivity index (χ1n) is 7.54. The van der Waals surface area contributed by atoms with Crippen LogP contribution in [0.4, 0.5) is 17.6 Å². The average molecular weight is 308 g/mol. The zero-order valence-electron chi connectivity index (χ0n) is 12.1. The number of carbonyl (C=O) groups is 1. The molecule has 4 aliphatic rings. The molecule has 120 valence electrons. The normalized spacial score (nSPS) is 43.5. The highest BCUT2D eigenvalue weighted by atomic mass is 19.3. The standard InChI is InChI=1S/C15H20F4O2/c1-7-9-5-15(11(7)12(15)8(9)2)13(20)21-4-3-14(18,19)6-10(16)17/h7-12H,3-6H2,1-2H3. The van der Waals surface area contributed by atoms with E-state index in [0.29, 0.717) is 29.6 Å². The van der Waals surface area contributed by atoms with Gasteiger partial charge >= 0.3 is 5.97 Å². The van der Waals surface area contributed by atoms with Crippen LogP contribution in [0.25, 0.3) is 0 Å². The van der Waals surface area contributed by atoms with E-state index >= 15 is 0 Å². The molecule has 4 atom stereocenters. The molecule has 6 heteroatoms. The van der Waals surface area contributed by atoms with E-state index in [4.69, 9.17) is 4.74 Å². The van der Waals surface area contributed by atoms with Crippen LogP contribution in [0.15, 0.2) is 0 Å². The monoisotopic (exact) mass is 308 g/mol. The third kappa shape index (κ3) is 2.08. The lowest BCUT2D eigenvalue weighted by molar-refractivity contribution is -0.153. The average Bonchev–Trinajstić information content (AvgIpc) is 2.67. The summed E-state index contributed by atoms with van der Waals surface area (Å²) in [5.74, 6) is -1.65. The van der Waals surface area contributed by atoms with Gasteiger partial charge in [-0.3, -0.25) is 4.79 Å². The lowest BCUT2D eigenvalue weighted by Gasteiger charge is -2.17. The molecular formula is C15H20F4O2. The summed E-state index contributed by atoms with van der Waals surface area (Å²) < 4.78 is 55.3. The van der Waals surface area contributed by atoms with Crippen LogP contribution < -0.4 is 0 Å². The van der Waals surface area contributed by atoms with Crippen molar-refractivity contribution in [1.82, 2.24) is 0 Å². The Kier molecular flexibility index (Phi) is 3.30. The van der Waals surface area contributed by atoms with Crippen molar-refractivity contribution in [2.45, 2.75) is 45.5 Å². The summed E-state index contributed by atoms with van der Waals surface area (Å²) in [6.07, 6.45) is -4.55. The lowest BCUT2D eigenvalue weighted by atomic mass is 9.94. The number of carbonyl (C=O) groups excluding carboxylic acids is 1. The fourth-order valence-corrected chi connectivity index (χ4v) is 5.25. The molecule has 4 bridgehead atoms. The van der Waals surface area contributed by atoms with Crippen molar-refractivity contribution in [2.75, 3.05) is 6.61 Å². The van der Waals surface area contributed by atoms with Crippen molar-refractivity contribution < 1.29 is 27.1 Å². The minimum Gasteiger partial charge on any atom is -0.465 e. The maximum Gasteiger partial charge on any atom is 0.312 e. The molecule has 4 fully saturated rings. The molecule has 0 spiro atoms. The summed E-state index contributed by atoms with van der Waals surface area (Å²) in [7, 11) is 0. The van der Waals surface area contributed by atoms with Crippen LogP contribution in [0.5, 0.6) is 0 Å². The smallest absolute Gasteiger partial charge is 0.312 e. The van der Waals surface area contributed by atoms with Gasteiger partial charge in [-0.1, -0.05) is 13.8 Å². The number of rotatable bonds is 6. The van der Waals surface area contributed by atoms with Gasteiger partial charge < -0.3 is 4.74 Å². The second kappa shape index (κ2) is 4.59. The highest BCUT2D eigenvalue weighted by molar-refractivity contribution is 5.83. The second-order valence-electron chi connectivity index (χ2n) is 7.02. The molecule has 4 aliphatic carbocycles.